The minimum Gasteiger partial charge on any atom is -0.444 e. The van der Waals surface area contributed by atoms with Crippen molar-refractivity contribution in [2.45, 2.75) is 83.2 Å². The summed E-state index contributed by atoms with van der Waals surface area (Å²) < 4.78 is 31.4. The van der Waals surface area contributed by atoms with Crippen LogP contribution in [-0.2, 0) is 14.8 Å². The molecular formula is C14H28N2O4S. The lowest BCUT2D eigenvalue weighted by atomic mass is 9.75. The average molecular weight is 320 g/mol. The first-order valence-electron chi connectivity index (χ1n) is 7.17. The fourth-order valence-corrected chi connectivity index (χ4v) is 3.29. The Morgan fingerprint density at radius 1 is 1.14 bits per heavy atom. The number of alkyl carbamates (subject to hydrolysis) is 1. The van der Waals surface area contributed by atoms with E-state index < -0.39 is 32.0 Å². The van der Waals surface area contributed by atoms with Gasteiger partial charge in [-0.05, 0) is 61.3 Å². The summed E-state index contributed by atoms with van der Waals surface area (Å²) in [7, 11) is -3.39. The molecule has 1 rings (SSSR count). The van der Waals surface area contributed by atoms with Crippen LogP contribution >= 0.6 is 0 Å². The molecule has 0 atom stereocenters. The molecule has 0 aliphatic heterocycles. The van der Waals surface area contributed by atoms with Crippen LogP contribution in [-0.4, -0.2) is 36.4 Å². The van der Waals surface area contributed by atoms with Gasteiger partial charge < -0.3 is 10.1 Å². The summed E-state index contributed by atoms with van der Waals surface area (Å²) in [4.78, 5) is 11.6. The Balaban J connectivity index is 2.50. The molecule has 0 radical (unpaired) electrons. The number of hydrogen-bond donors (Lipinski definition) is 2. The Hall–Kier alpha value is -0.820. The Bertz CT molecular complexity index is 494. The van der Waals surface area contributed by atoms with Gasteiger partial charge in [-0.15, -0.1) is 0 Å². The SMILES string of the molecule is CC1(NS(=O)(=O)C(C)(C)C)CC(NC(=O)OC(C)(C)C)C1. The minimum atomic E-state index is -3.39. The number of ether oxygens (including phenoxy) is 1. The number of carbonyl (C=O) groups excluding carboxylic acids is 1. The van der Waals surface area contributed by atoms with Crippen molar-refractivity contribution in [1.82, 2.24) is 10.0 Å². The topological polar surface area (TPSA) is 84.5 Å². The molecule has 0 aromatic rings. The predicted molar refractivity (Wildman–Crippen MR) is 82.6 cm³/mol. The van der Waals surface area contributed by atoms with Crippen LogP contribution in [0, 0.1) is 0 Å². The zero-order chi connectivity index (χ0) is 16.7. The second-order valence-corrected chi connectivity index (χ2v) is 10.5. The van der Waals surface area contributed by atoms with Gasteiger partial charge >= 0.3 is 6.09 Å². The number of rotatable bonds is 3. The molecule has 1 amide bonds. The number of hydrogen-bond acceptors (Lipinski definition) is 4. The van der Waals surface area contributed by atoms with Crippen LogP contribution in [0.15, 0.2) is 0 Å². The van der Waals surface area contributed by atoms with E-state index in [1.54, 1.807) is 41.5 Å². The fraction of sp³-hybridized carbons (Fsp3) is 0.929. The van der Waals surface area contributed by atoms with E-state index in [1.165, 1.54) is 0 Å². The lowest BCUT2D eigenvalue weighted by Gasteiger charge is -2.46. The van der Waals surface area contributed by atoms with Gasteiger partial charge in [-0.2, -0.15) is 0 Å². The van der Waals surface area contributed by atoms with Gasteiger partial charge in [0.2, 0.25) is 10.0 Å². The van der Waals surface area contributed by atoms with Crippen molar-refractivity contribution >= 4 is 16.1 Å². The quantitative estimate of drug-likeness (QED) is 0.834. The lowest BCUT2D eigenvalue weighted by Crippen LogP contribution is -2.63. The van der Waals surface area contributed by atoms with Crippen LogP contribution < -0.4 is 10.0 Å². The second-order valence-electron chi connectivity index (χ2n) is 8.03. The summed E-state index contributed by atoms with van der Waals surface area (Å²) in [5, 5.41) is 2.76. The van der Waals surface area contributed by atoms with Crippen molar-refractivity contribution in [1.29, 1.82) is 0 Å². The van der Waals surface area contributed by atoms with E-state index in [1.807, 2.05) is 6.92 Å². The van der Waals surface area contributed by atoms with Gasteiger partial charge in [0.25, 0.3) is 0 Å². The van der Waals surface area contributed by atoms with Crippen LogP contribution in [0.5, 0.6) is 0 Å². The molecular weight excluding hydrogens is 292 g/mol. The highest BCUT2D eigenvalue weighted by Gasteiger charge is 2.46. The van der Waals surface area contributed by atoms with Gasteiger partial charge in [0, 0.05) is 11.6 Å². The normalized spacial score (nSPS) is 26.9. The van der Waals surface area contributed by atoms with Gasteiger partial charge in [-0.3, -0.25) is 0 Å². The third kappa shape index (κ3) is 5.14. The van der Waals surface area contributed by atoms with E-state index in [-0.39, 0.29) is 6.04 Å². The summed E-state index contributed by atoms with van der Waals surface area (Å²) in [5.41, 5.74) is -1.04. The van der Waals surface area contributed by atoms with E-state index in [4.69, 9.17) is 4.74 Å². The minimum absolute atomic E-state index is 0.0625. The molecule has 1 saturated carbocycles. The standard InChI is InChI=1S/C14H28N2O4S/c1-12(2,3)20-11(17)15-10-8-14(7,9-10)16-21(18,19)13(4,5)6/h10,16H,8-9H2,1-7H3,(H,15,17). The summed E-state index contributed by atoms with van der Waals surface area (Å²) in [6.07, 6.45) is 0.650. The van der Waals surface area contributed by atoms with Crippen molar-refractivity contribution in [3.05, 3.63) is 0 Å². The van der Waals surface area contributed by atoms with Gasteiger partial charge in [0.05, 0.1) is 4.75 Å². The highest BCUT2D eigenvalue weighted by molar-refractivity contribution is 7.90. The smallest absolute Gasteiger partial charge is 0.407 e. The van der Waals surface area contributed by atoms with Crippen molar-refractivity contribution < 1.29 is 17.9 Å². The molecule has 2 N–H and O–H groups in total. The maximum atomic E-state index is 12.2. The Kier molecular flexibility index (Phi) is 4.71. The summed E-state index contributed by atoms with van der Waals surface area (Å²) in [6.45, 7) is 12.2. The van der Waals surface area contributed by atoms with Crippen LogP contribution in [0.4, 0.5) is 4.79 Å². The van der Waals surface area contributed by atoms with Crippen LogP contribution in [0.25, 0.3) is 0 Å². The molecule has 21 heavy (non-hydrogen) atoms. The van der Waals surface area contributed by atoms with Gasteiger partial charge in [-0.1, -0.05) is 0 Å². The van der Waals surface area contributed by atoms with E-state index in [2.05, 4.69) is 10.0 Å². The Morgan fingerprint density at radius 2 is 1.62 bits per heavy atom. The van der Waals surface area contributed by atoms with Crippen molar-refractivity contribution in [3.8, 4) is 0 Å². The zero-order valence-corrected chi connectivity index (χ0v) is 14.8. The average Bonchev–Trinajstić information content (AvgIpc) is 2.08. The number of amides is 1. The highest BCUT2D eigenvalue weighted by Crippen LogP contribution is 2.34. The highest BCUT2D eigenvalue weighted by atomic mass is 32.2. The van der Waals surface area contributed by atoms with Crippen LogP contribution in [0.1, 0.15) is 61.3 Å². The van der Waals surface area contributed by atoms with E-state index in [0.29, 0.717) is 12.8 Å². The Labute approximate surface area is 128 Å². The third-order valence-corrected chi connectivity index (χ3v) is 5.68. The van der Waals surface area contributed by atoms with Crippen LogP contribution in [0.2, 0.25) is 0 Å². The lowest BCUT2D eigenvalue weighted by molar-refractivity contribution is 0.0436. The van der Waals surface area contributed by atoms with E-state index in [9.17, 15) is 13.2 Å². The van der Waals surface area contributed by atoms with Crippen molar-refractivity contribution in [3.63, 3.8) is 0 Å². The van der Waals surface area contributed by atoms with Crippen LogP contribution in [0.3, 0.4) is 0 Å². The number of carbonyl (C=O) groups is 1. The number of nitrogens with one attached hydrogen (secondary N) is 2. The molecule has 0 bridgehead atoms. The summed E-state index contributed by atoms with van der Waals surface area (Å²) >= 11 is 0. The first-order chi connectivity index (χ1) is 9.14. The molecule has 1 aliphatic carbocycles. The largest absolute Gasteiger partial charge is 0.444 e. The van der Waals surface area contributed by atoms with E-state index >= 15 is 0 Å². The molecule has 7 heteroatoms. The first-order valence-corrected chi connectivity index (χ1v) is 8.65. The fourth-order valence-electron chi connectivity index (χ4n) is 2.16. The molecule has 0 unspecified atom stereocenters. The molecule has 1 fully saturated rings. The van der Waals surface area contributed by atoms with Gasteiger partial charge in [0.1, 0.15) is 5.60 Å². The van der Waals surface area contributed by atoms with E-state index in [0.717, 1.165) is 0 Å². The molecule has 0 saturated heterocycles. The second kappa shape index (κ2) is 5.43. The molecule has 6 nitrogen and oxygen atoms in total. The zero-order valence-electron chi connectivity index (χ0n) is 14.0. The molecule has 0 aromatic carbocycles. The van der Waals surface area contributed by atoms with Gasteiger partial charge in [-0.25, -0.2) is 17.9 Å². The summed E-state index contributed by atoms with van der Waals surface area (Å²) in [5.74, 6) is 0. The molecule has 1 aliphatic rings. The van der Waals surface area contributed by atoms with Gasteiger partial charge in [0.15, 0.2) is 0 Å². The van der Waals surface area contributed by atoms with Crippen molar-refractivity contribution in [2.75, 3.05) is 0 Å². The molecule has 0 heterocycles. The monoisotopic (exact) mass is 320 g/mol. The molecule has 124 valence electrons. The Morgan fingerprint density at radius 3 is 2.00 bits per heavy atom. The molecule has 0 spiro atoms. The number of sulfonamides is 1. The third-order valence-electron chi connectivity index (χ3n) is 3.30. The molecule has 0 aromatic heterocycles. The maximum absolute atomic E-state index is 12.2. The van der Waals surface area contributed by atoms with Crippen molar-refractivity contribution in [2.24, 2.45) is 0 Å². The predicted octanol–water partition coefficient (Wildman–Crippen LogP) is 2.15. The summed E-state index contributed by atoms with van der Waals surface area (Å²) in [6, 6.07) is -0.0625. The maximum Gasteiger partial charge on any atom is 0.407 e. The first kappa shape index (κ1) is 18.2.